The highest BCUT2D eigenvalue weighted by Gasteiger charge is 2.13. The Hall–Kier alpha value is -2.49. The number of carbonyl (C=O) groups is 1. The van der Waals surface area contributed by atoms with E-state index >= 15 is 0 Å². The van der Waals surface area contributed by atoms with E-state index in [4.69, 9.17) is 4.42 Å². The Bertz CT molecular complexity index is 717. The number of benzene rings is 1. The summed E-state index contributed by atoms with van der Waals surface area (Å²) in [5, 5.41) is 0. The van der Waals surface area contributed by atoms with Crippen LogP contribution in [-0.4, -0.2) is 15.8 Å². The van der Waals surface area contributed by atoms with Crippen molar-refractivity contribution in [1.29, 1.82) is 0 Å². The first-order valence-corrected chi connectivity index (χ1v) is 7.60. The molecule has 0 aliphatic heterocycles. The Morgan fingerprint density at radius 2 is 1.91 bits per heavy atom. The number of carbonyl (C=O) groups excluding carboxylic acids is 1. The minimum atomic E-state index is -0.0316. The van der Waals surface area contributed by atoms with Crippen molar-refractivity contribution in [2.24, 2.45) is 0 Å². The molecule has 112 valence electrons. The van der Waals surface area contributed by atoms with Crippen LogP contribution in [0.4, 0.5) is 0 Å². The van der Waals surface area contributed by atoms with Gasteiger partial charge in [0, 0.05) is 12.6 Å². The molecule has 3 aromatic rings. The molecule has 0 unspecified atom stereocenters. The second-order valence-corrected chi connectivity index (χ2v) is 5.33. The van der Waals surface area contributed by atoms with Crippen molar-refractivity contribution >= 4 is 16.9 Å². The van der Waals surface area contributed by atoms with Crippen LogP contribution in [-0.2, 0) is 6.42 Å². The normalized spacial score (nSPS) is 10.9. The molecular weight excluding hydrogens is 276 g/mol. The summed E-state index contributed by atoms with van der Waals surface area (Å²) >= 11 is 0. The summed E-state index contributed by atoms with van der Waals surface area (Å²) in [5.74, 6) is 0.168. The summed E-state index contributed by atoms with van der Waals surface area (Å²) < 4.78 is 5.43. The van der Waals surface area contributed by atoms with Gasteiger partial charge in [0.15, 0.2) is 5.58 Å². The van der Waals surface area contributed by atoms with Gasteiger partial charge in [-0.1, -0.05) is 36.8 Å². The first-order chi connectivity index (χ1) is 10.8. The molecule has 0 spiro atoms. The lowest BCUT2D eigenvalue weighted by Crippen LogP contribution is -1.99. The summed E-state index contributed by atoms with van der Waals surface area (Å²) in [4.78, 5) is 20.2. The van der Waals surface area contributed by atoms with E-state index in [1.165, 1.54) is 5.56 Å². The summed E-state index contributed by atoms with van der Waals surface area (Å²) in [6.07, 6.45) is 7.75. The molecule has 1 aromatic carbocycles. The number of aryl methyl sites for hydroxylation is 1. The van der Waals surface area contributed by atoms with Crippen LogP contribution >= 0.6 is 0 Å². The zero-order chi connectivity index (χ0) is 15.2. The SMILES string of the molecule is O=C(CCCCCc1ccccc1)c1nc2ccncc2o1. The highest BCUT2D eigenvalue weighted by Crippen LogP contribution is 2.16. The van der Waals surface area contributed by atoms with Crippen LogP contribution in [0.1, 0.15) is 41.9 Å². The zero-order valence-electron chi connectivity index (χ0n) is 12.4. The number of Topliss-reactive ketones (excluding diaryl/α,β-unsaturated/α-hetero) is 1. The Labute approximate surface area is 129 Å². The number of rotatable bonds is 7. The van der Waals surface area contributed by atoms with Crippen molar-refractivity contribution in [3.05, 3.63) is 60.2 Å². The maximum Gasteiger partial charge on any atom is 0.264 e. The van der Waals surface area contributed by atoms with Crippen LogP contribution in [0.25, 0.3) is 11.1 Å². The molecule has 0 saturated carbocycles. The molecule has 0 radical (unpaired) electrons. The number of fused-ring (bicyclic) bond motifs is 1. The van der Waals surface area contributed by atoms with Gasteiger partial charge in [0.2, 0.25) is 5.78 Å². The average Bonchev–Trinajstić information content (AvgIpc) is 2.99. The molecule has 0 amide bonds. The Morgan fingerprint density at radius 3 is 2.73 bits per heavy atom. The van der Waals surface area contributed by atoms with Gasteiger partial charge in [-0.2, -0.15) is 0 Å². The second-order valence-electron chi connectivity index (χ2n) is 5.33. The fraction of sp³-hybridized carbons (Fsp3) is 0.278. The maximum atomic E-state index is 12.1. The zero-order valence-corrected chi connectivity index (χ0v) is 12.4. The van der Waals surface area contributed by atoms with Gasteiger partial charge < -0.3 is 4.42 Å². The maximum absolute atomic E-state index is 12.1. The molecule has 4 nitrogen and oxygen atoms in total. The molecule has 2 heterocycles. The van der Waals surface area contributed by atoms with E-state index in [9.17, 15) is 4.79 Å². The van der Waals surface area contributed by atoms with Gasteiger partial charge in [-0.05, 0) is 30.9 Å². The van der Waals surface area contributed by atoms with E-state index in [-0.39, 0.29) is 11.7 Å². The molecule has 0 bridgehead atoms. The first kappa shape index (κ1) is 14.4. The molecule has 4 heteroatoms. The Morgan fingerprint density at radius 1 is 1.05 bits per heavy atom. The van der Waals surface area contributed by atoms with Crippen molar-refractivity contribution < 1.29 is 9.21 Å². The van der Waals surface area contributed by atoms with Crippen molar-refractivity contribution in [3.8, 4) is 0 Å². The fourth-order valence-corrected chi connectivity index (χ4v) is 2.44. The number of oxazole rings is 1. The van der Waals surface area contributed by atoms with Gasteiger partial charge in [-0.25, -0.2) is 4.98 Å². The molecule has 0 aliphatic rings. The molecule has 3 rings (SSSR count). The first-order valence-electron chi connectivity index (χ1n) is 7.60. The molecule has 2 aromatic heterocycles. The molecule has 0 fully saturated rings. The van der Waals surface area contributed by atoms with Crippen molar-refractivity contribution in [2.45, 2.75) is 32.1 Å². The van der Waals surface area contributed by atoms with Crippen LogP contribution < -0.4 is 0 Å². The van der Waals surface area contributed by atoms with E-state index in [0.717, 1.165) is 25.7 Å². The number of nitrogens with zero attached hydrogens (tertiary/aromatic N) is 2. The van der Waals surface area contributed by atoms with Crippen molar-refractivity contribution in [3.63, 3.8) is 0 Å². The monoisotopic (exact) mass is 294 g/mol. The van der Waals surface area contributed by atoms with Crippen LogP contribution in [0.15, 0.2) is 53.2 Å². The largest absolute Gasteiger partial charge is 0.432 e. The van der Waals surface area contributed by atoms with E-state index in [2.05, 4.69) is 34.2 Å². The quantitative estimate of drug-likeness (QED) is 0.484. The second kappa shape index (κ2) is 6.98. The minimum absolute atomic E-state index is 0.0316. The van der Waals surface area contributed by atoms with Gasteiger partial charge in [0.05, 0.1) is 6.20 Å². The van der Waals surface area contributed by atoms with Crippen LogP contribution in [0.3, 0.4) is 0 Å². The molecule has 22 heavy (non-hydrogen) atoms. The molecule has 0 N–H and O–H groups in total. The van der Waals surface area contributed by atoms with E-state index in [1.807, 2.05) is 6.07 Å². The molecular formula is C18H18N2O2. The van der Waals surface area contributed by atoms with Gasteiger partial charge in [0.1, 0.15) is 5.52 Å². The van der Waals surface area contributed by atoms with Crippen molar-refractivity contribution in [2.75, 3.05) is 0 Å². The third kappa shape index (κ3) is 3.58. The highest BCUT2D eigenvalue weighted by atomic mass is 16.4. The topological polar surface area (TPSA) is 56.0 Å². The number of ketones is 1. The lowest BCUT2D eigenvalue weighted by Gasteiger charge is -2.00. The third-order valence-corrected chi connectivity index (χ3v) is 3.64. The molecule has 0 atom stereocenters. The van der Waals surface area contributed by atoms with Gasteiger partial charge in [-0.3, -0.25) is 9.78 Å². The van der Waals surface area contributed by atoms with E-state index < -0.39 is 0 Å². The van der Waals surface area contributed by atoms with Crippen LogP contribution in [0.2, 0.25) is 0 Å². The fourth-order valence-electron chi connectivity index (χ4n) is 2.44. The molecule has 0 aliphatic carbocycles. The standard InChI is InChI=1S/C18H18N2O2/c21-16(18-20-15-11-12-19-13-17(15)22-18)10-6-2-5-9-14-7-3-1-4-8-14/h1,3-4,7-8,11-13H,2,5-6,9-10H2. The summed E-state index contributed by atoms with van der Waals surface area (Å²) in [7, 11) is 0. The number of pyridine rings is 1. The highest BCUT2D eigenvalue weighted by molar-refractivity contribution is 5.93. The third-order valence-electron chi connectivity index (χ3n) is 3.64. The van der Waals surface area contributed by atoms with E-state index in [1.54, 1.807) is 18.5 Å². The van der Waals surface area contributed by atoms with Crippen LogP contribution in [0.5, 0.6) is 0 Å². The minimum Gasteiger partial charge on any atom is -0.432 e. The van der Waals surface area contributed by atoms with E-state index in [0.29, 0.717) is 17.5 Å². The number of aromatic nitrogens is 2. The Kier molecular flexibility index (Phi) is 4.59. The number of hydrogen-bond acceptors (Lipinski definition) is 4. The summed E-state index contributed by atoms with van der Waals surface area (Å²) in [6.45, 7) is 0. The predicted octanol–water partition coefficient (Wildman–Crippen LogP) is 4.21. The lowest BCUT2D eigenvalue weighted by molar-refractivity contribution is 0.0947. The lowest BCUT2D eigenvalue weighted by atomic mass is 10.1. The van der Waals surface area contributed by atoms with Crippen LogP contribution in [0, 0.1) is 0 Å². The van der Waals surface area contributed by atoms with Gasteiger partial charge >= 0.3 is 0 Å². The summed E-state index contributed by atoms with van der Waals surface area (Å²) in [6, 6.07) is 12.2. The van der Waals surface area contributed by atoms with Gasteiger partial charge in [-0.15, -0.1) is 0 Å². The smallest absolute Gasteiger partial charge is 0.264 e. The summed E-state index contributed by atoms with van der Waals surface area (Å²) in [5.41, 5.74) is 2.60. The predicted molar refractivity (Wildman–Crippen MR) is 84.7 cm³/mol. The Balaban J connectivity index is 1.44. The molecule has 0 saturated heterocycles. The van der Waals surface area contributed by atoms with Gasteiger partial charge in [0.25, 0.3) is 5.89 Å². The average molecular weight is 294 g/mol. The number of unbranched alkanes of at least 4 members (excludes halogenated alkanes) is 2. The number of hydrogen-bond donors (Lipinski definition) is 0. The van der Waals surface area contributed by atoms with Crippen molar-refractivity contribution in [1.82, 2.24) is 9.97 Å².